The minimum absolute atomic E-state index is 0.000428. The van der Waals surface area contributed by atoms with Crippen molar-refractivity contribution in [2.45, 2.75) is 18.4 Å². The number of aliphatic hydroxyl groups is 1. The van der Waals surface area contributed by atoms with Gasteiger partial charge < -0.3 is 15.1 Å². The third-order valence-electron chi connectivity index (χ3n) is 5.40. The van der Waals surface area contributed by atoms with E-state index in [4.69, 9.17) is 4.98 Å². The van der Waals surface area contributed by atoms with Gasteiger partial charge in [-0.05, 0) is 55.9 Å². The van der Waals surface area contributed by atoms with Crippen LogP contribution in [-0.4, -0.2) is 40.7 Å². The van der Waals surface area contributed by atoms with E-state index < -0.39 is 5.60 Å². The van der Waals surface area contributed by atoms with E-state index in [1.54, 1.807) is 18.2 Å². The molecular weight excluding hydrogens is 324 g/mol. The van der Waals surface area contributed by atoms with Crippen molar-refractivity contribution in [1.29, 1.82) is 0 Å². The van der Waals surface area contributed by atoms with E-state index in [1.807, 2.05) is 38.4 Å². The highest BCUT2D eigenvalue weighted by atomic mass is 16.3. The molecule has 4 rings (SSSR count). The molecule has 2 N–H and O–H groups in total. The quantitative estimate of drug-likeness (QED) is 0.764. The molecule has 26 heavy (non-hydrogen) atoms. The van der Waals surface area contributed by atoms with Crippen LogP contribution in [0.4, 0.5) is 0 Å². The standard InChI is InChI=1S/C22H24N2O2/c1-24(2)14-18-12-21-16(10-15-6-3-4-9-20(15)23-21)13-22(18,26)17-7-5-8-19(25)11-17/h3-11,18,25-26H,12-14H2,1-2H3. The summed E-state index contributed by atoms with van der Waals surface area (Å²) in [7, 11) is 4.04. The van der Waals surface area contributed by atoms with E-state index in [-0.39, 0.29) is 11.7 Å². The van der Waals surface area contributed by atoms with E-state index in [2.05, 4.69) is 17.0 Å². The lowest BCUT2D eigenvalue weighted by Crippen LogP contribution is -2.46. The largest absolute Gasteiger partial charge is 0.508 e. The first kappa shape index (κ1) is 17.0. The van der Waals surface area contributed by atoms with Gasteiger partial charge in [0.25, 0.3) is 0 Å². The van der Waals surface area contributed by atoms with Crippen LogP contribution in [0.1, 0.15) is 16.8 Å². The number of phenols is 1. The summed E-state index contributed by atoms with van der Waals surface area (Å²) in [4.78, 5) is 6.97. The molecule has 1 aliphatic rings. The maximum absolute atomic E-state index is 11.7. The van der Waals surface area contributed by atoms with Crippen LogP contribution in [-0.2, 0) is 18.4 Å². The van der Waals surface area contributed by atoms with Crippen molar-refractivity contribution >= 4 is 10.9 Å². The molecule has 0 amide bonds. The fourth-order valence-electron chi connectivity index (χ4n) is 4.14. The monoisotopic (exact) mass is 348 g/mol. The molecule has 0 fully saturated rings. The molecule has 2 atom stereocenters. The Balaban J connectivity index is 1.84. The molecule has 1 heterocycles. The second-order valence-corrected chi connectivity index (χ2v) is 7.60. The highest BCUT2D eigenvalue weighted by Crippen LogP contribution is 2.42. The average Bonchev–Trinajstić information content (AvgIpc) is 2.60. The summed E-state index contributed by atoms with van der Waals surface area (Å²) < 4.78 is 0. The lowest BCUT2D eigenvalue weighted by molar-refractivity contribution is -0.0400. The molecule has 3 aromatic rings. The number of benzene rings is 2. The average molecular weight is 348 g/mol. The number of aromatic hydroxyl groups is 1. The summed E-state index contributed by atoms with van der Waals surface area (Å²) in [6, 6.07) is 17.3. The number of rotatable bonds is 3. The fourth-order valence-corrected chi connectivity index (χ4v) is 4.14. The minimum atomic E-state index is -1.03. The number of nitrogens with zero attached hydrogens (tertiary/aromatic N) is 2. The highest BCUT2D eigenvalue weighted by Gasteiger charge is 2.43. The molecule has 0 bridgehead atoms. The Bertz CT molecular complexity index is 954. The van der Waals surface area contributed by atoms with Crippen molar-refractivity contribution in [2.24, 2.45) is 5.92 Å². The first-order chi connectivity index (χ1) is 12.5. The van der Waals surface area contributed by atoms with Gasteiger partial charge in [-0.2, -0.15) is 0 Å². The summed E-state index contributed by atoms with van der Waals surface area (Å²) >= 11 is 0. The van der Waals surface area contributed by atoms with Crippen molar-refractivity contribution in [3.8, 4) is 5.75 Å². The SMILES string of the molecule is CN(C)CC1Cc2nc3ccccc3cc2CC1(O)c1cccc(O)c1. The molecule has 4 heteroatoms. The Hall–Kier alpha value is -2.43. The van der Waals surface area contributed by atoms with Crippen molar-refractivity contribution in [3.05, 3.63) is 71.4 Å². The Morgan fingerprint density at radius 3 is 2.69 bits per heavy atom. The smallest absolute Gasteiger partial charge is 0.115 e. The van der Waals surface area contributed by atoms with Crippen LogP contribution in [0.5, 0.6) is 5.75 Å². The van der Waals surface area contributed by atoms with Gasteiger partial charge in [-0.25, -0.2) is 0 Å². The van der Waals surface area contributed by atoms with Gasteiger partial charge in [0.2, 0.25) is 0 Å². The van der Waals surface area contributed by atoms with Gasteiger partial charge in [-0.1, -0.05) is 30.3 Å². The normalized spacial score (nSPS) is 22.5. The Kier molecular flexibility index (Phi) is 4.17. The molecule has 134 valence electrons. The summed E-state index contributed by atoms with van der Waals surface area (Å²) in [5.41, 5.74) is 2.89. The number of hydrogen-bond acceptors (Lipinski definition) is 4. The van der Waals surface area contributed by atoms with Crippen molar-refractivity contribution in [2.75, 3.05) is 20.6 Å². The van der Waals surface area contributed by atoms with Crippen LogP contribution in [0.25, 0.3) is 10.9 Å². The van der Waals surface area contributed by atoms with Gasteiger partial charge in [0.1, 0.15) is 5.75 Å². The zero-order valence-corrected chi connectivity index (χ0v) is 15.2. The van der Waals surface area contributed by atoms with E-state index in [0.717, 1.165) is 34.3 Å². The van der Waals surface area contributed by atoms with Gasteiger partial charge in [0.15, 0.2) is 0 Å². The Morgan fingerprint density at radius 1 is 1.12 bits per heavy atom. The van der Waals surface area contributed by atoms with Crippen LogP contribution in [0.15, 0.2) is 54.6 Å². The van der Waals surface area contributed by atoms with E-state index in [0.29, 0.717) is 12.8 Å². The molecule has 0 aliphatic heterocycles. The Labute approximate surface area is 153 Å². The fraction of sp³-hybridized carbons (Fsp3) is 0.318. The minimum Gasteiger partial charge on any atom is -0.508 e. The molecule has 1 aliphatic carbocycles. The topological polar surface area (TPSA) is 56.6 Å². The molecule has 0 spiro atoms. The number of hydrogen-bond donors (Lipinski definition) is 2. The van der Waals surface area contributed by atoms with Crippen LogP contribution in [0, 0.1) is 5.92 Å². The zero-order valence-electron chi connectivity index (χ0n) is 15.2. The first-order valence-corrected chi connectivity index (χ1v) is 9.00. The van der Waals surface area contributed by atoms with E-state index in [9.17, 15) is 10.2 Å². The number of phenolic OH excluding ortho intramolecular Hbond substituents is 1. The van der Waals surface area contributed by atoms with Gasteiger partial charge in [-0.15, -0.1) is 0 Å². The second-order valence-electron chi connectivity index (χ2n) is 7.60. The molecule has 2 aromatic carbocycles. The van der Waals surface area contributed by atoms with Crippen molar-refractivity contribution < 1.29 is 10.2 Å². The number of para-hydroxylation sites is 1. The molecular formula is C22H24N2O2. The number of aromatic nitrogens is 1. The number of fused-ring (bicyclic) bond motifs is 2. The van der Waals surface area contributed by atoms with Gasteiger partial charge >= 0.3 is 0 Å². The van der Waals surface area contributed by atoms with Crippen LogP contribution in [0.2, 0.25) is 0 Å². The maximum Gasteiger partial charge on any atom is 0.115 e. The van der Waals surface area contributed by atoms with Crippen molar-refractivity contribution in [3.63, 3.8) is 0 Å². The van der Waals surface area contributed by atoms with Crippen LogP contribution < -0.4 is 0 Å². The van der Waals surface area contributed by atoms with Gasteiger partial charge in [0.05, 0.1) is 11.1 Å². The van der Waals surface area contributed by atoms with E-state index >= 15 is 0 Å². The Morgan fingerprint density at radius 2 is 1.92 bits per heavy atom. The molecule has 1 aromatic heterocycles. The molecule has 0 saturated heterocycles. The summed E-state index contributed by atoms with van der Waals surface area (Å²) in [6.45, 7) is 0.750. The number of pyridine rings is 1. The van der Waals surface area contributed by atoms with Crippen LogP contribution in [0.3, 0.4) is 0 Å². The van der Waals surface area contributed by atoms with Gasteiger partial charge in [0, 0.05) is 30.0 Å². The first-order valence-electron chi connectivity index (χ1n) is 9.00. The highest BCUT2D eigenvalue weighted by molar-refractivity contribution is 5.79. The van der Waals surface area contributed by atoms with E-state index in [1.165, 1.54) is 0 Å². The third kappa shape index (κ3) is 2.96. The lowest BCUT2D eigenvalue weighted by Gasteiger charge is -2.42. The third-order valence-corrected chi connectivity index (χ3v) is 5.40. The molecule has 2 unspecified atom stereocenters. The summed E-state index contributed by atoms with van der Waals surface area (Å²) in [5.74, 6) is 0.183. The zero-order chi connectivity index (χ0) is 18.3. The van der Waals surface area contributed by atoms with Crippen molar-refractivity contribution in [1.82, 2.24) is 9.88 Å². The lowest BCUT2D eigenvalue weighted by atomic mass is 9.70. The summed E-state index contributed by atoms with van der Waals surface area (Å²) in [6.07, 6.45) is 1.21. The second kappa shape index (κ2) is 6.38. The van der Waals surface area contributed by atoms with Gasteiger partial charge in [-0.3, -0.25) is 4.98 Å². The molecule has 0 saturated carbocycles. The maximum atomic E-state index is 11.7. The molecule has 0 radical (unpaired) electrons. The van der Waals surface area contributed by atoms with Crippen LogP contribution >= 0.6 is 0 Å². The molecule has 4 nitrogen and oxygen atoms in total. The predicted molar refractivity (Wildman–Crippen MR) is 103 cm³/mol. The predicted octanol–water partition coefficient (Wildman–Crippen LogP) is 3.10. The summed E-state index contributed by atoms with van der Waals surface area (Å²) in [5, 5.41) is 22.8.